The predicted molar refractivity (Wildman–Crippen MR) is 62.0 cm³/mol. The Morgan fingerprint density at radius 3 is 2.50 bits per heavy atom. The maximum absolute atomic E-state index is 10.8. The van der Waals surface area contributed by atoms with Gasteiger partial charge < -0.3 is 5.11 Å². The van der Waals surface area contributed by atoms with Gasteiger partial charge in [0.1, 0.15) is 5.75 Å². The van der Waals surface area contributed by atoms with Crippen LogP contribution in [0, 0.1) is 0 Å². The van der Waals surface area contributed by atoms with Crippen molar-refractivity contribution in [1.82, 2.24) is 10.2 Å². The number of aromatic hydroxyl groups is 1. The summed E-state index contributed by atoms with van der Waals surface area (Å²) in [7, 11) is 0. The lowest BCUT2D eigenvalue weighted by atomic mass is 10.1. The molecule has 1 aromatic carbocycles. The number of aromatic amines is 1. The van der Waals surface area contributed by atoms with E-state index in [0.717, 1.165) is 0 Å². The molecule has 0 saturated carbocycles. The van der Waals surface area contributed by atoms with Crippen LogP contribution in [0.3, 0.4) is 0 Å². The molecule has 0 fully saturated rings. The van der Waals surface area contributed by atoms with Gasteiger partial charge in [-0.2, -0.15) is 5.10 Å². The first kappa shape index (κ1) is 11.0. The van der Waals surface area contributed by atoms with Crippen LogP contribution in [-0.2, 0) is 0 Å². The number of phenols is 1. The molecule has 82 valence electrons. The number of phenolic OH excluding ortho intramolecular Hbond substituents is 1. The van der Waals surface area contributed by atoms with E-state index in [1.807, 2.05) is 0 Å². The third kappa shape index (κ3) is 2.03. The average molecular weight is 257 g/mol. The minimum absolute atomic E-state index is 0.0473. The molecule has 0 aliphatic carbocycles. The largest absolute Gasteiger partial charge is 0.507 e. The fourth-order valence-electron chi connectivity index (χ4n) is 1.24. The van der Waals surface area contributed by atoms with Gasteiger partial charge in [-0.15, -0.1) is 0 Å². The maximum atomic E-state index is 10.8. The van der Waals surface area contributed by atoms with Gasteiger partial charge >= 0.3 is 0 Å². The number of nitrogens with one attached hydrogen (secondary N) is 1. The van der Waals surface area contributed by atoms with Crippen LogP contribution in [-0.4, -0.2) is 15.3 Å². The standard InChI is InChI=1S/C10H6Cl2N2O2/c11-6-3-5(9(15)4-7(6)12)8-1-2-10(16)14-13-8/h1-4,15H,(H,14,16). The zero-order valence-corrected chi connectivity index (χ0v) is 9.38. The summed E-state index contributed by atoms with van der Waals surface area (Å²) in [5.74, 6) is -0.0473. The van der Waals surface area contributed by atoms with Gasteiger partial charge in [0.2, 0.25) is 0 Å². The van der Waals surface area contributed by atoms with Crippen LogP contribution in [0.2, 0.25) is 10.0 Å². The SMILES string of the molecule is O=c1ccc(-c2cc(Cl)c(Cl)cc2O)n[nH]1. The molecule has 0 saturated heterocycles. The van der Waals surface area contributed by atoms with Crippen LogP contribution in [0.1, 0.15) is 0 Å². The van der Waals surface area contributed by atoms with Gasteiger partial charge in [0.25, 0.3) is 5.56 Å². The van der Waals surface area contributed by atoms with Crippen LogP contribution in [0.15, 0.2) is 29.1 Å². The molecule has 2 N–H and O–H groups in total. The Morgan fingerprint density at radius 2 is 1.88 bits per heavy atom. The molecule has 1 heterocycles. The first-order valence-electron chi connectivity index (χ1n) is 4.32. The smallest absolute Gasteiger partial charge is 0.264 e. The Bertz CT molecular complexity index is 575. The van der Waals surface area contributed by atoms with Crippen molar-refractivity contribution in [3.8, 4) is 17.0 Å². The zero-order valence-electron chi connectivity index (χ0n) is 7.87. The van der Waals surface area contributed by atoms with Gasteiger partial charge in [-0.3, -0.25) is 4.79 Å². The lowest BCUT2D eigenvalue weighted by Gasteiger charge is -2.05. The second-order valence-electron chi connectivity index (χ2n) is 3.09. The normalized spacial score (nSPS) is 10.4. The predicted octanol–water partition coefficient (Wildman–Crippen LogP) is 2.45. The van der Waals surface area contributed by atoms with Gasteiger partial charge in [0.15, 0.2) is 0 Å². The lowest BCUT2D eigenvalue weighted by molar-refractivity contribution is 0.477. The highest BCUT2D eigenvalue weighted by Gasteiger charge is 2.09. The van der Waals surface area contributed by atoms with Crippen LogP contribution < -0.4 is 5.56 Å². The summed E-state index contributed by atoms with van der Waals surface area (Å²) in [5, 5.41) is 16.3. The topological polar surface area (TPSA) is 66.0 Å². The molecule has 0 bridgehead atoms. The molecular formula is C10H6Cl2N2O2. The highest BCUT2D eigenvalue weighted by molar-refractivity contribution is 6.42. The number of rotatable bonds is 1. The molecule has 0 unspecified atom stereocenters. The molecule has 16 heavy (non-hydrogen) atoms. The lowest BCUT2D eigenvalue weighted by Crippen LogP contribution is -2.05. The maximum Gasteiger partial charge on any atom is 0.264 e. The molecule has 2 rings (SSSR count). The Labute approximate surface area is 100 Å². The van der Waals surface area contributed by atoms with Gasteiger partial charge in [-0.25, -0.2) is 5.10 Å². The summed E-state index contributed by atoms with van der Waals surface area (Å²) in [6.45, 7) is 0. The van der Waals surface area contributed by atoms with Crippen molar-refractivity contribution in [3.63, 3.8) is 0 Å². The van der Waals surface area contributed by atoms with E-state index in [-0.39, 0.29) is 16.3 Å². The van der Waals surface area contributed by atoms with E-state index >= 15 is 0 Å². The number of nitrogens with zero attached hydrogens (tertiary/aromatic N) is 1. The van der Waals surface area contributed by atoms with Gasteiger partial charge in [-0.1, -0.05) is 23.2 Å². The Balaban J connectivity index is 2.60. The van der Waals surface area contributed by atoms with E-state index in [9.17, 15) is 9.90 Å². The quantitative estimate of drug-likeness (QED) is 0.824. The molecule has 2 aromatic rings. The molecule has 0 aliphatic rings. The fourth-order valence-corrected chi connectivity index (χ4v) is 1.56. The summed E-state index contributed by atoms with van der Waals surface area (Å²) >= 11 is 11.6. The molecular weight excluding hydrogens is 251 g/mol. The number of H-pyrrole nitrogens is 1. The second kappa shape index (κ2) is 4.15. The van der Waals surface area contributed by atoms with E-state index in [2.05, 4.69) is 10.2 Å². The first-order valence-corrected chi connectivity index (χ1v) is 5.07. The van der Waals surface area contributed by atoms with Crippen molar-refractivity contribution < 1.29 is 5.11 Å². The van der Waals surface area contributed by atoms with E-state index in [1.54, 1.807) is 0 Å². The van der Waals surface area contributed by atoms with Crippen LogP contribution in [0.25, 0.3) is 11.3 Å². The zero-order chi connectivity index (χ0) is 11.7. The minimum atomic E-state index is -0.316. The van der Waals surface area contributed by atoms with Crippen molar-refractivity contribution in [2.75, 3.05) is 0 Å². The first-order chi connectivity index (χ1) is 7.58. The molecule has 0 atom stereocenters. The summed E-state index contributed by atoms with van der Waals surface area (Å²) in [6.07, 6.45) is 0. The van der Waals surface area contributed by atoms with Crippen molar-refractivity contribution in [3.05, 3.63) is 44.7 Å². The van der Waals surface area contributed by atoms with Crippen LogP contribution >= 0.6 is 23.2 Å². The van der Waals surface area contributed by atoms with E-state index < -0.39 is 0 Å². The van der Waals surface area contributed by atoms with Crippen molar-refractivity contribution in [2.24, 2.45) is 0 Å². The van der Waals surface area contributed by atoms with E-state index in [0.29, 0.717) is 16.3 Å². The second-order valence-corrected chi connectivity index (χ2v) is 3.90. The Morgan fingerprint density at radius 1 is 1.19 bits per heavy atom. The molecule has 1 aromatic heterocycles. The summed E-state index contributed by atoms with van der Waals surface area (Å²) in [6, 6.07) is 5.61. The molecule has 0 aliphatic heterocycles. The van der Waals surface area contributed by atoms with Crippen molar-refractivity contribution in [1.29, 1.82) is 0 Å². The number of benzene rings is 1. The number of hydrogen-bond donors (Lipinski definition) is 2. The number of hydrogen-bond acceptors (Lipinski definition) is 3. The fraction of sp³-hybridized carbons (Fsp3) is 0. The van der Waals surface area contributed by atoms with Gasteiger partial charge in [0.05, 0.1) is 15.7 Å². The number of aromatic nitrogens is 2. The van der Waals surface area contributed by atoms with Crippen LogP contribution in [0.5, 0.6) is 5.75 Å². The summed E-state index contributed by atoms with van der Waals surface area (Å²) < 4.78 is 0. The summed E-state index contributed by atoms with van der Waals surface area (Å²) in [5.41, 5.74) is 0.504. The Hall–Kier alpha value is -1.52. The summed E-state index contributed by atoms with van der Waals surface area (Å²) in [4.78, 5) is 10.8. The monoisotopic (exact) mass is 256 g/mol. The third-order valence-electron chi connectivity index (χ3n) is 1.99. The third-order valence-corrected chi connectivity index (χ3v) is 2.72. The molecule has 0 spiro atoms. The van der Waals surface area contributed by atoms with Crippen molar-refractivity contribution >= 4 is 23.2 Å². The Kier molecular flexibility index (Phi) is 2.85. The molecule has 0 amide bonds. The highest BCUT2D eigenvalue weighted by atomic mass is 35.5. The minimum Gasteiger partial charge on any atom is -0.507 e. The van der Waals surface area contributed by atoms with Crippen molar-refractivity contribution in [2.45, 2.75) is 0 Å². The average Bonchev–Trinajstić information content (AvgIpc) is 2.25. The molecule has 4 nitrogen and oxygen atoms in total. The highest BCUT2D eigenvalue weighted by Crippen LogP contribution is 2.34. The van der Waals surface area contributed by atoms with E-state index in [4.69, 9.17) is 23.2 Å². The molecule has 0 radical (unpaired) electrons. The van der Waals surface area contributed by atoms with Crippen LogP contribution in [0.4, 0.5) is 0 Å². The number of halogens is 2. The van der Waals surface area contributed by atoms with E-state index in [1.165, 1.54) is 24.3 Å². The molecule has 6 heteroatoms. The van der Waals surface area contributed by atoms with Gasteiger partial charge in [0, 0.05) is 17.7 Å². The van der Waals surface area contributed by atoms with Gasteiger partial charge in [-0.05, 0) is 12.1 Å².